The average Bonchev–Trinajstić information content (AvgIpc) is 3.25. The van der Waals surface area contributed by atoms with Gasteiger partial charge in [0.15, 0.2) is 5.82 Å². The first-order valence-corrected chi connectivity index (χ1v) is 10.9. The monoisotopic (exact) mass is 435 g/mol. The molecule has 0 unspecified atom stereocenters. The van der Waals surface area contributed by atoms with E-state index < -0.39 is 0 Å². The second-order valence-corrected chi connectivity index (χ2v) is 8.29. The molecule has 5 rings (SSSR count). The van der Waals surface area contributed by atoms with Crippen LogP contribution in [0.25, 0.3) is 21.7 Å². The topological polar surface area (TPSA) is 71.0 Å². The van der Waals surface area contributed by atoms with Crippen molar-refractivity contribution in [1.29, 1.82) is 0 Å². The summed E-state index contributed by atoms with van der Waals surface area (Å²) in [5.41, 5.74) is 2.38. The highest BCUT2D eigenvalue weighted by Gasteiger charge is 2.25. The van der Waals surface area contributed by atoms with Crippen molar-refractivity contribution in [3.63, 3.8) is 0 Å². The van der Waals surface area contributed by atoms with Gasteiger partial charge in [0.2, 0.25) is 0 Å². The Bertz CT molecular complexity index is 1230. The van der Waals surface area contributed by atoms with Gasteiger partial charge in [-0.25, -0.2) is 9.97 Å². The van der Waals surface area contributed by atoms with Gasteiger partial charge in [-0.3, -0.25) is 9.78 Å². The lowest BCUT2D eigenvalue weighted by Crippen LogP contribution is -2.40. The second kappa shape index (κ2) is 8.01. The van der Waals surface area contributed by atoms with Gasteiger partial charge in [0.05, 0.1) is 5.39 Å². The minimum absolute atomic E-state index is 0.0260. The van der Waals surface area contributed by atoms with Crippen LogP contribution in [-0.2, 0) is 6.42 Å². The summed E-state index contributed by atoms with van der Waals surface area (Å²) in [6.07, 6.45) is 2.50. The van der Waals surface area contributed by atoms with Crippen molar-refractivity contribution < 1.29 is 4.79 Å². The number of aromatic nitrogens is 3. The van der Waals surface area contributed by atoms with Crippen LogP contribution in [0.1, 0.15) is 15.9 Å². The molecule has 30 heavy (non-hydrogen) atoms. The molecule has 4 aromatic rings. The van der Waals surface area contributed by atoms with E-state index in [1.54, 1.807) is 17.5 Å². The molecule has 0 fully saturated rings. The van der Waals surface area contributed by atoms with E-state index >= 15 is 0 Å². The number of hydrogen-bond donors (Lipinski definition) is 1. The normalized spacial score (nSPS) is 13.5. The van der Waals surface area contributed by atoms with Crippen molar-refractivity contribution in [2.24, 2.45) is 0 Å². The van der Waals surface area contributed by atoms with E-state index in [0.717, 1.165) is 33.7 Å². The summed E-state index contributed by atoms with van der Waals surface area (Å²) in [4.78, 5) is 29.3. The minimum atomic E-state index is 0.0260. The van der Waals surface area contributed by atoms with Crippen LogP contribution < -0.4 is 5.32 Å². The molecule has 3 aromatic heterocycles. The fraction of sp³-hybridized carbons (Fsp3) is 0.182. The average molecular weight is 436 g/mol. The van der Waals surface area contributed by atoms with Gasteiger partial charge in [-0.1, -0.05) is 23.7 Å². The number of halogens is 1. The Kier molecular flexibility index (Phi) is 5.06. The number of nitrogens with zero attached hydrogens (tertiary/aromatic N) is 4. The molecular formula is C22H18ClN5OS. The van der Waals surface area contributed by atoms with E-state index in [4.69, 9.17) is 16.6 Å². The highest BCUT2D eigenvalue weighted by atomic mass is 35.5. The molecule has 1 aliphatic heterocycles. The molecular weight excluding hydrogens is 418 g/mol. The summed E-state index contributed by atoms with van der Waals surface area (Å²) in [7, 11) is 0. The van der Waals surface area contributed by atoms with Crippen LogP contribution in [-0.4, -0.2) is 45.4 Å². The Morgan fingerprint density at radius 2 is 2.07 bits per heavy atom. The number of anilines is 1. The fourth-order valence-corrected chi connectivity index (χ4v) is 4.69. The molecule has 0 saturated carbocycles. The summed E-state index contributed by atoms with van der Waals surface area (Å²) in [5, 5.41) is 7.04. The smallest absolute Gasteiger partial charge is 0.254 e. The number of amides is 1. The number of carbonyl (C=O) groups is 1. The van der Waals surface area contributed by atoms with Crippen LogP contribution in [0.2, 0.25) is 5.02 Å². The third-order valence-electron chi connectivity index (χ3n) is 5.16. The number of rotatable bonds is 5. The lowest BCUT2D eigenvalue weighted by molar-refractivity contribution is 0.0746. The second-order valence-electron chi connectivity index (χ2n) is 6.99. The molecule has 0 bridgehead atoms. The van der Waals surface area contributed by atoms with Gasteiger partial charge in [-0.2, -0.15) is 0 Å². The molecule has 1 amide bonds. The van der Waals surface area contributed by atoms with Crippen LogP contribution >= 0.6 is 22.9 Å². The van der Waals surface area contributed by atoms with E-state index in [9.17, 15) is 4.79 Å². The SMILES string of the molecule is O=C1c2cccc(Cl)c2CCN1CCNc1nc(-c2ccccn2)nc2sccc12. The van der Waals surface area contributed by atoms with Crippen molar-refractivity contribution in [3.8, 4) is 11.5 Å². The molecule has 0 radical (unpaired) electrons. The van der Waals surface area contributed by atoms with Crippen LogP contribution in [0.3, 0.4) is 0 Å². The third kappa shape index (κ3) is 3.51. The first-order chi connectivity index (χ1) is 14.7. The Morgan fingerprint density at radius 3 is 2.93 bits per heavy atom. The van der Waals surface area contributed by atoms with E-state index in [1.165, 1.54) is 0 Å². The van der Waals surface area contributed by atoms with Gasteiger partial charge in [0.1, 0.15) is 16.3 Å². The molecule has 0 spiro atoms. The van der Waals surface area contributed by atoms with E-state index in [0.29, 0.717) is 36.0 Å². The maximum atomic E-state index is 12.8. The standard InChI is InChI=1S/C22H18ClN5OS/c23-17-5-3-4-15-14(17)7-11-28(22(15)29)12-10-25-19-16-8-13-30-21(16)27-20(26-19)18-6-1-2-9-24-18/h1-6,8-9,13H,7,10-12H2,(H,25,26,27). The number of thiophene rings is 1. The maximum absolute atomic E-state index is 12.8. The van der Waals surface area contributed by atoms with Crippen molar-refractivity contribution in [1.82, 2.24) is 19.9 Å². The van der Waals surface area contributed by atoms with Crippen LogP contribution in [0.15, 0.2) is 54.0 Å². The van der Waals surface area contributed by atoms with Crippen molar-refractivity contribution in [3.05, 3.63) is 70.2 Å². The zero-order valence-corrected chi connectivity index (χ0v) is 17.6. The molecule has 1 aliphatic rings. The number of nitrogens with one attached hydrogen (secondary N) is 1. The van der Waals surface area contributed by atoms with E-state index in [1.807, 2.05) is 52.7 Å². The molecule has 1 N–H and O–H groups in total. The molecule has 8 heteroatoms. The van der Waals surface area contributed by atoms with E-state index in [2.05, 4.69) is 15.3 Å². The molecule has 0 aliphatic carbocycles. The third-order valence-corrected chi connectivity index (χ3v) is 6.32. The van der Waals surface area contributed by atoms with Crippen molar-refractivity contribution >= 4 is 44.9 Å². The summed E-state index contributed by atoms with van der Waals surface area (Å²) >= 11 is 7.82. The Balaban J connectivity index is 1.33. The quantitative estimate of drug-likeness (QED) is 0.499. The minimum Gasteiger partial charge on any atom is -0.368 e. The number of pyridine rings is 1. The number of fused-ring (bicyclic) bond motifs is 2. The summed E-state index contributed by atoms with van der Waals surface area (Å²) < 4.78 is 0. The van der Waals surface area contributed by atoms with Gasteiger partial charge in [-0.15, -0.1) is 11.3 Å². The first-order valence-electron chi connectivity index (χ1n) is 9.68. The van der Waals surface area contributed by atoms with Gasteiger partial charge >= 0.3 is 0 Å². The summed E-state index contributed by atoms with van der Waals surface area (Å²) in [6, 6.07) is 13.2. The number of benzene rings is 1. The highest BCUT2D eigenvalue weighted by Crippen LogP contribution is 2.28. The Morgan fingerprint density at radius 1 is 1.13 bits per heavy atom. The fourth-order valence-electron chi connectivity index (χ4n) is 3.65. The number of carbonyl (C=O) groups excluding carboxylic acids is 1. The molecule has 4 heterocycles. The van der Waals surface area contributed by atoms with E-state index in [-0.39, 0.29) is 5.91 Å². The number of hydrogen-bond acceptors (Lipinski definition) is 6. The predicted octanol–water partition coefficient (Wildman–Crippen LogP) is 4.52. The molecule has 150 valence electrons. The molecule has 1 aromatic carbocycles. The van der Waals surface area contributed by atoms with Gasteiger partial charge in [-0.05, 0) is 47.7 Å². The van der Waals surface area contributed by atoms with Gasteiger partial charge in [0, 0.05) is 36.4 Å². The summed E-state index contributed by atoms with van der Waals surface area (Å²) in [5.74, 6) is 1.37. The lowest BCUT2D eigenvalue weighted by atomic mass is 9.99. The van der Waals surface area contributed by atoms with Crippen LogP contribution in [0.4, 0.5) is 5.82 Å². The lowest BCUT2D eigenvalue weighted by Gasteiger charge is -2.29. The van der Waals surface area contributed by atoms with Gasteiger partial charge in [0.25, 0.3) is 5.91 Å². The van der Waals surface area contributed by atoms with Crippen LogP contribution in [0.5, 0.6) is 0 Å². The zero-order valence-electron chi connectivity index (χ0n) is 16.0. The molecule has 0 saturated heterocycles. The Hall–Kier alpha value is -3.03. The van der Waals surface area contributed by atoms with Gasteiger partial charge < -0.3 is 10.2 Å². The predicted molar refractivity (Wildman–Crippen MR) is 120 cm³/mol. The van der Waals surface area contributed by atoms with Crippen molar-refractivity contribution in [2.45, 2.75) is 6.42 Å². The first kappa shape index (κ1) is 19.0. The zero-order chi connectivity index (χ0) is 20.5. The van der Waals surface area contributed by atoms with Crippen molar-refractivity contribution in [2.75, 3.05) is 25.0 Å². The highest BCUT2D eigenvalue weighted by molar-refractivity contribution is 7.16. The van der Waals surface area contributed by atoms with Crippen LogP contribution in [0, 0.1) is 0 Å². The maximum Gasteiger partial charge on any atom is 0.254 e. The molecule has 0 atom stereocenters. The Labute approximate surface area is 182 Å². The molecule has 6 nitrogen and oxygen atoms in total. The largest absolute Gasteiger partial charge is 0.368 e. The summed E-state index contributed by atoms with van der Waals surface area (Å²) in [6.45, 7) is 1.83.